The van der Waals surface area contributed by atoms with Crippen molar-refractivity contribution in [3.63, 3.8) is 0 Å². The molecule has 5 aromatic heterocycles. The normalized spacial score (nSPS) is 11.1. The van der Waals surface area contributed by atoms with Crippen LogP contribution in [-0.2, 0) is 27.7 Å². The van der Waals surface area contributed by atoms with Gasteiger partial charge in [-0.1, -0.05) is 97.1 Å². The molecule has 5 heterocycles. The average Bonchev–Trinajstić information content (AvgIpc) is 3.30. The SMILES string of the molecule is Clc1nc(NCc2ccccn2)c2c(-c3ccccc3)cccc2n1.NC(=O)CS(=O)(=O)c1cncc(-c2nc(NCc3ccccn3)c3c(-c4ccccc4)cccc3n2)c1. The van der Waals surface area contributed by atoms with Gasteiger partial charge < -0.3 is 16.4 Å². The number of rotatable bonds is 12. The number of halogens is 1. The highest BCUT2D eigenvalue weighted by Gasteiger charge is 2.21. The van der Waals surface area contributed by atoms with Crippen LogP contribution in [0.2, 0.25) is 5.28 Å². The van der Waals surface area contributed by atoms with Crippen LogP contribution in [0, 0.1) is 0 Å². The highest BCUT2D eigenvalue weighted by Crippen LogP contribution is 2.35. The monoisotopic (exact) mass is 856 g/mol. The molecule has 4 aromatic carbocycles. The van der Waals surface area contributed by atoms with Gasteiger partial charge in [0, 0.05) is 30.4 Å². The van der Waals surface area contributed by atoms with Crippen molar-refractivity contribution < 1.29 is 13.2 Å². The molecule has 0 spiro atoms. The molecule has 15 heteroatoms. The Morgan fingerprint density at radius 2 is 1.11 bits per heavy atom. The van der Waals surface area contributed by atoms with Gasteiger partial charge in [-0.3, -0.25) is 19.7 Å². The Hall–Kier alpha value is -7.68. The fourth-order valence-electron chi connectivity index (χ4n) is 6.78. The van der Waals surface area contributed by atoms with E-state index in [0.29, 0.717) is 35.8 Å². The minimum absolute atomic E-state index is 0.131. The number of aromatic nitrogens is 7. The third-order valence-electron chi connectivity index (χ3n) is 9.58. The molecule has 0 unspecified atom stereocenters. The summed E-state index contributed by atoms with van der Waals surface area (Å²) in [7, 11) is -3.95. The zero-order valence-electron chi connectivity index (χ0n) is 32.9. The number of nitrogens with one attached hydrogen (secondary N) is 2. The number of hydrogen-bond donors (Lipinski definition) is 3. The number of primary amides is 1. The fraction of sp³-hybridized carbons (Fsp3) is 0.0638. The summed E-state index contributed by atoms with van der Waals surface area (Å²) in [6.45, 7) is 0.979. The summed E-state index contributed by atoms with van der Waals surface area (Å²) < 4.78 is 25.1. The Labute approximate surface area is 362 Å². The molecule has 1 amide bonds. The first kappa shape index (κ1) is 41.1. The second kappa shape index (κ2) is 18.7. The number of amides is 1. The van der Waals surface area contributed by atoms with E-state index in [0.717, 1.165) is 49.9 Å². The van der Waals surface area contributed by atoms with Gasteiger partial charge in [-0.05, 0) is 76.3 Å². The molecule has 306 valence electrons. The Morgan fingerprint density at radius 1 is 0.581 bits per heavy atom. The topological polar surface area (TPSA) is 192 Å². The molecule has 9 rings (SSSR count). The van der Waals surface area contributed by atoms with E-state index >= 15 is 0 Å². The number of pyridine rings is 3. The van der Waals surface area contributed by atoms with Crippen LogP contribution in [-0.4, -0.2) is 55.0 Å². The number of carbonyl (C=O) groups is 1. The van der Waals surface area contributed by atoms with Crippen LogP contribution in [0.25, 0.3) is 55.4 Å². The Morgan fingerprint density at radius 3 is 1.65 bits per heavy atom. The maximum absolute atomic E-state index is 12.6. The van der Waals surface area contributed by atoms with Crippen molar-refractivity contribution in [3.8, 4) is 33.6 Å². The van der Waals surface area contributed by atoms with Gasteiger partial charge in [-0.15, -0.1) is 0 Å². The first-order chi connectivity index (χ1) is 30.2. The van der Waals surface area contributed by atoms with Crippen LogP contribution in [0.4, 0.5) is 11.6 Å². The standard InChI is InChI=1S/C27H22N6O3S.C20H15ClN4/c28-24(34)17-37(35,36)21-13-19(14-29-16-21)26-32-23-11-6-10-22(18-7-2-1-3-8-18)25(23)27(33-26)31-15-20-9-4-5-12-30-20;21-20-24-17-11-6-10-16(14-7-2-1-3-8-14)18(17)19(25-20)23-13-15-9-4-5-12-22-15/h1-14,16H,15,17H2,(H2,28,34)(H,31,32,33);1-12H,13H2,(H,23,24,25). The fourth-order valence-corrected chi connectivity index (χ4v) is 8.02. The highest BCUT2D eigenvalue weighted by atomic mass is 35.5. The van der Waals surface area contributed by atoms with Crippen LogP contribution in [0.1, 0.15) is 11.4 Å². The molecular weight excluding hydrogens is 820 g/mol. The second-order valence-electron chi connectivity index (χ2n) is 13.9. The maximum Gasteiger partial charge on any atom is 0.233 e. The molecule has 0 aliphatic carbocycles. The molecule has 62 heavy (non-hydrogen) atoms. The lowest BCUT2D eigenvalue weighted by molar-refractivity contribution is -0.115. The molecule has 0 bridgehead atoms. The van der Waals surface area contributed by atoms with Crippen molar-refractivity contribution in [2.45, 2.75) is 18.0 Å². The first-order valence-electron chi connectivity index (χ1n) is 19.3. The number of nitrogens with zero attached hydrogens (tertiary/aromatic N) is 7. The van der Waals surface area contributed by atoms with Crippen LogP contribution < -0.4 is 16.4 Å². The van der Waals surface area contributed by atoms with Gasteiger partial charge in [-0.2, -0.15) is 0 Å². The minimum atomic E-state index is -3.95. The molecule has 4 N–H and O–H groups in total. The Bertz CT molecular complexity index is 3110. The zero-order chi connectivity index (χ0) is 42.9. The molecule has 0 saturated heterocycles. The summed E-state index contributed by atoms with van der Waals surface area (Å²) in [5.74, 6) is -0.198. The van der Waals surface area contributed by atoms with E-state index in [1.807, 2.05) is 115 Å². The molecule has 0 aliphatic heterocycles. The predicted molar refractivity (Wildman–Crippen MR) is 243 cm³/mol. The number of fused-ring (bicyclic) bond motifs is 2. The maximum atomic E-state index is 12.6. The summed E-state index contributed by atoms with van der Waals surface area (Å²) in [6.07, 6.45) is 6.15. The van der Waals surface area contributed by atoms with Gasteiger partial charge >= 0.3 is 0 Å². The number of sulfone groups is 1. The van der Waals surface area contributed by atoms with E-state index in [4.69, 9.17) is 27.3 Å². The smallest absolute Gasteiger partial charge is 0.233 e. The van der Waals surface area contributed by atoms with Crippen molar-refractivity contribution in [2.24, 2.45) is 5.73 Å². The summed E-state index contributed by atoms with van der Waals surface area (Å²) >= 11 is 6.13. The van der Waals surface area contributed by atoms with Gasteiger partial charge in [0.1, 0.15) is 17.4 Å². The van der Waals surface area contributed by atoms with Gasteiger partial charge in [0.15, 0.2) is 15.7 Å². The minimum Gasteiger partial charge on any atom is -0.369 e. The number of carbonyl (C=O) groups excluding carboxylic acids is 1. The quantitative estimate of drug-likeness (QED) is 0.0994. The van der Waals surface area contributed by atoms with E-state index in [9.17, 15) is 13.2 Å². The molecule has 0 aliphatic rings. The summed E-state index contributed by atoms with van der Waals surface area (Å²) in [5.41, 5.74) is 12.9. The molecule has 13 nitrogen and oxygen atoms in total. The second-order valence-corrected chi connectivity index (χ2v) is 16.2. The average molecular weight is 857 g/mol. The summed E-state index contributed by atoms with van der Waals surface area (Å²) in [6, 6.07) is 44.8. The molecular formula is C47H37ClN10O3S. The van der Waals surface area contributed by atoms with Crippen molar-refractivity contribution in [1.29, 1.82) is 0 Å². The van der Waals surface area contributed by atoms with Gasteiger partial charge in [0.25, 0.3) is 0 Å². The van der Waals surface area contributed by atoms with Crippen LogP contribution in [0.5, 0.6) is 0 Å². The lowest BCUT2D eigenvalue weighted by atomic mass is 10.0. The van der Waals surface area contributed by atoms with E-state index in [1.165, 1.54) is 18.5 Å². The van der Waals surface area contributed by atoms with Gasteiger partial charge in [0.2, 0.25) is 11.2 Å². The third kappa shape index (κ3) is 9.68. The first-order valence-corrected chi connectivity index (χ1v) is 21.4. The third-order valence-corrected chi connectivity index (χ3v) is 11.4. The van der Waals surface area contributed by atoms with E-state index in [-0.39, 0.29) is 16.0 Å². The largest absolute Gasteiger partial charge is 0.369 e. The highest BCUT2D eigenvalue weighted by molar-refractivity contribution is 7.92. The van der Waals surface area contributed by atoms with Crippen molar-refractivity contribution >= 4 is 60.8 Å². The molecule has 0 atom stereocenters. The van der Waals surface area contributed by atoms with E-state index in [1.54, 1.807) is 12.4 Å². The zero-order valence-corrected chi connectivity index (χ0v) is 34.5. The summed E-state index contributed by atoms with van der Waals surface area (Å²) in [5, 5.41) is 8.73. The van der Waals surface area contributed by atoms with Crippen LogP contribution in [0.15, 0.2) is 169 Å². The van der Waals surface area contributed by atoms with Crippen molar-refractivity contribution in [3.05, 3.63) is 181 Å². The Balaban J connectivity index is 0.000000184. The van der Waals surface area contributed by atoms with Crippen LogP contribution in [0.3, 0.4) is 0 Å². The lowest BCUT2D eigenvalue weighted by Crippen LogP contribution is -2.23. The number of benzene rings is 4. The van der Waals surface area contributed by atoms with E-state index < -0.39 is 21.5 Å². The van der Waals surface area contributed by atoms with E-state index in [2.05, 4.69) is 53.8 Å². The summed E-state index contributed by atoms with van der Waals surface area (Å²) in [4.78, 5) is 42.2. The molecule has 0 fully saturated rings. The lowest BCUT2D eigenvalue weighted by Gasteiger charge is -2.14. The predicted octanol–water partition coefficient (Wildman–Crippen LogP) is 8.58. The van der Waals surface area contributed by atoms with Crippen molar-refractivity contribution in [2.75, 3.05) is 16.4 Å². The number of nitrogens with two attached hydrogens (primary N) is 1. The van der Waals surface area contributed by atoms with Gasteiger partial charge in [0.05, 0.1) is 51.2 Å². The molecule has 0 saturated carbocycles. The molecule has 0 radical (unpaired) electrons. The number of hydrogen-bond acceptors (Lipinski definition) is 12. The molecule has 9 aromatic rings. The Kier molecular flexibility index (Phi) is 12.4. The van der Waals surface area contributed by atoms with Gasteiger partial charge in [-0.25, -0.2) is 28.4 Å². The van der Waals surface area contributed by atoms with Crippen LogP contribution >= 0.6 is 11.6 Å². The van der Waals surface area contributed by atoms with Crippen molar-refractivity contribution in [1.82, 2.24) is 34.9 Å². The number of anilines is 2.